The molecule has 0 aromatic carbocycles. The molecule has 4 atom stereocenters. The summed E-state index contributed by atoms with van der Waals surface area (Å²) in [6.45, 7) is 7.93. The smallest absolute Gasteiger partial charge is 0.00965 e. The van der Waals surface area contributed by atoms with Gasteiger partial charge in [-0.3, -0.25) is 0 Å². The van der Waals surface area contributed by atoms with Crippen LogP contribution in [0.25, 0.3) is 0 Å². The molecule has 2 heteroatoms. The molecule has 0 saturated heterocycles. The van der Waals surface area contributed by atoms with Crippen molar-refractivity contribution in [1.82, 2.24) is 5.32 Å². The van der Waals surface area contributed by atoms with Crippen molar-refractivity contribution in [3.8, 4) is 0 Å². The highest BCUT2D eigenvalue weighted by atomic mass is 15.0. The zero-order chi connectivity index (χ0) is 10.6. The third kappa shape index (κ3) is 4.97. The Hall–Kier alpha value is -0.0800. The monoisotopic (exact) mass is 198 g/mol. The van der Waals surface area contributed by atoms with Crippen LogP contribution in [0.4, 0.5) is 0 Å². The van der Waals surface area contributed by atoms with Crippen LogP contribution in [-0.2, 0) is 0 Å². The second-order valence-corrected chi connectivity index (χ2v) is 5.24. The standard InChI is InChI=1S/C12H26N2/c1-9(5-4-6-11(3)13)8-14-12-7-10(12)2/h9-12,14H,4-8,13H2,1-3H3. The van der Waals surface area contributed by atoms with Crippen molar-refractivity contribution < 1.29 is 0 Å². The molecule has 1 fully saturated rings. The molecule has 0 spiro atoms. The summed E-state index contributed by atoms with van der Waals surface area (Å²) in [6, 6.07) is 1.20. The molecule has 0 aromatic rings. The fraction of sp³-hybridized carbons (Fsp3) is 1.00. The van der Waals surface area contributed by atoms with E-state index < -0.39 is 0 Å². The molecule has 3 N–H and O–H groups in total. The summed E-state index contributed by atoms with van der Waals surface area (Å²) >= 11 is 0. The van der Waals surface area contributed by atoms with E-state index >= 15 is 0 Å². The molecule has 0 heterocycles. The quantitative estimate of drug-likeness (QED) is 0.658. The highest BCUT2D eigenvalue weighted by Gasteiger charge is 2.31. The van der Waals surface area contributed by atoms with E-state index in [4.69, 9.17) is 5.73 Å². The summed E-state index contributed by atoms with van der Waals surface area (Å²) in [5.41, 5.74) is 5.71. The van der Waals surface area contributed by atoms with Crippen LogP contribution < -0.4 is 11.1 Å². The minimum absolute atomic E-state index is 0.374. The maximum atomic E-state index is 5.71. The second kappa shape index (κ2) is 5.72. The second-order valence-electron chi connectivity index (χ2n) is 5.24. The lowest BCUT2D eigenvalue weighted by molar-refractivity contribution is 0.443. The van der Waals surface area contributed by atoms with Crippen LogP contribution in [0, 0.1) is 11.8 Å². The molecule has 0 radical (unpaired) electrons. The molecule has 0 aromatic heterocycles. The van der Waals surface area contributed by atoms with Crippen LogP contribution in [0.5, 0.6) is 0 Å². The first-order valence-corrected chi connectivity index (χ1v) is 6.08. The van der Waals surface area contributed by atoms with Crippen molar-refractivity contribution in [2.24, 2.45) is 17.6 Å². The maximum absolute atomic E-state index is 5.71. The Morgan fingerprint density at radius 2 is 2.00 bits per heavy atom. The summed E-state index contributed by atoms with van der Waals surface area (Å²) in [6.07, 6.45) is 5.15. The zero-order valence-electron chi connectivity index (χ0n) is 9.92. The van der Waals surface area contributed by atoms with E-state index in [-0.39, 0.29) is 0 Å². The number of nitrogens with two attached hydrogens (primary N) is 1. The van der Waals surface area contributed by atoms with E-state index in [9.17, 15) is 0 Å². The first kappa shape index (κ1) is 12.0. The van der Waals surface area contributed by atoms with Gasteiger partial charge >= 0.3 is 0 Å². The lowest BCUT2D eigenvalue weighted by Gasteiger charge is -2.13. The van der Waals surface area contributed by atoms with Crippen LogP contribution in [0.15, 0.2) is 0 Å². The topological polar surface area (TPSA) is 38.0 Å². The molecule has 84 valence electrons. The molecular formula is C12H26N2. The lowest BCUT2D eigenvalue weighted by atomic mass is 10.0. The summed E-state index contributed by atoms with van der Waals surface area (Å²) in [4.78, 5) is 0. The zero-order valence-corrected chi connectivity index (χ0v) is 9.92. The lowest BCUT2D eigenvalue weighted by Crippen LogP contribution is -2.24. The first-order chi connectivity index (χ1) is 6.59. The molecule has 14 heavy (non-hydrogen) atoms. The van der Waals surface area contributed by atoms with Gasteiger partial charge in [-0.2, -0.15) is 0 Å². The summed E-state index contributed by atoms with van der Waals surface area (Å²) in [7, 11) is 0. The van der Waals surface area contributed by atoms with Crippen molar-refractivity contribution in [3.05, 3.63) is 0 Å². The van der Waals surface area contributed by atoms with Crippen molar-refractivity contribution in [3.63, 3.8) is 0 Å². The molecule has 0 bridgehead atoms. The van der Waals surface area contributed by atoms with E-state index in [0.717, 1.165) is 17.9 Å². The number of rotatable bonds is 7. The van der Waals surface area contributed by atoms with Gasteiger partial charge in [0.1, 0.15) is 0 Å². The molecule has 1 saturated carbocycles. The fourth-order valence-electron chi connectivity index (χ4n) is 1.85. The third-order valence-electron chi connectivity index (χ3n) is 3.19. The van der Waals surface area contributed by atoms with Gasteiger partial charge in [-0.25, -0.2) is 0 Å². The molecular weight excluding hydrogens is 172 g/mol. The average molecular weight is 198 g/mol. The maximum Gasteiger partial charge on any atom is 0.00965 e. The highest BCUT2D eigenvalue weighted by Crippen LogP contribution is 2.29. The molecule has 0 aliphatic heterocycles. The van der Waals surface area contributed by atoms with Gasteiger partial charge in [-0.05, 0) is 44.6 Å². The van der Waals surface area contributed by atoms with E-state index in [1.54, 1.807) is 0 Å². The van der Waals surface area contributed by atoms with Crippen LogP contribution in [0.3, 0.4) is 0 Å². The van der Waals surface area contributed by atoms with Gasteiger partial charge in [0.25, 0.3) is 0 Å². The average Bonchev–Trinajstić information content (AvgIpc) is 2.78. The Bertz CT molecular complexity index is 156. The molecule has 2 nitrogen and oxygen atoms in total. The number of nitrogens with one attached hydrogen (secondary N) is 1. The van der Waals surface area contributed by atoms with Crippen LogP contribution >= 0.6 is 0 Å². The van der Waals surface area contributed by atoms with E-state index in [0.29, 0.717) is 6.04 Å². The van der Waals surface area contributed by atoms with Gasteiger partial charge in [0.15, 0.2) is 0 Å². The highest BCUT2D eigenvalue weighted by molar-refractivity contribution is 4.89. The molecule has 1 rings (SSSR count). The fourth-order valence-corrected chi connectivity index (χ4v) is 1.85. The molecule has 1 aliphatic rings. The number of hydrogen-bond acceptors (Lipinski definition) is 2. The van der Waals surface area contributed by atoms with Gasteiger partial charge < -0.3 is 11.1 Å². The first-order valence-electron chi connectivity index (χ1n) is 6.08. The Morgan fingerprint density at radius 1 is 1.36 bits per heavy atom. The molecule has 0 amide bonds. The van der Waals surface area contributed by atoms with Gasteiger partial charge in [-0.1, -0.05) is 20.3 Å². The normalized spacial score (nSPS) is 30.0. The van der Waals surface area contributed by atoms with E-state index in [1.807, 2.05) is 0 Å². The third-order valence-corrected chi connectivity index (χ3v) is 3.19. The largest absolute Gasteiger partial charge is 0.328 e. The van der Waals surface area contributed by atoms with Gasteiger partial charge in [0.05, 0.1) is 0 Å². The van der Waals surface area contributed by atoms with Crippen LogP contribution in [-0.4, -0.2) is 18.6 Å². The Labute approximate surface area is 88.6 Å². The Morgan fingerprint density at radius 3 is 2.50 bits per heavy atom. The molecule has 1 aliphatic carbocycles. The van der Waals surface area contributed by atoms with Crippen molar-refractivity contribution >= 4 is 0 Å². The number of hydrogen-bond donors (Lipinski definition) is 2. The SMILES string of the molecule is CC(N)CCCC(C)CNC1CC1C. The Balaban J connectivity index is 1.90. The van der Waals surface area contributed by atoms with Gasteiger partial charge in [0, 0.05) is 12.1 Å². The van der Waals surface area contributed by atoms with Gasteiger partial charge in [-0.15, -0.1) is 0 Å². The Kier molecular flexibility index (Phi) is 4.90. The van der Waals surface area contributed by atoms with E-state index in [1.165, 1.54) is 32.2 Å². The van der Waals surface area contributed by atoms with Crippen molar-refractivity contribution in [2.75, 3.05) is 6.54 Å². The van der Waals surface area contributed by atoms with Gasteiger partial charge in [0.2, 0.25) is 0 Å². The van der Waals surface area contributed by atoms with Crippen LogP contribution in [0.1, 0.15) is 46.5 Å². The van der Waals surface area contributed by atoms with Crippen molar-refractivity contribution in [2.45, 2.75) is 58.5 Å². The van der Waals surface area contributed by atoms with Crippen molar-refractivity contribution in [1.29, 1.82) is 0 Å². The predicted octanol–water partition coefficient (Wildman–Crippen LogP) is 2.14. The summed E-state index contributed by atoms with van der Waals surface area (Å²) in [5.74, 6) is 1.73. The summed E-state index contributed by atoms with van der Waals surface area (Å²) < 4.78 is 0. The minimum atomic E-state index is 0.374. The predicted molar refractivity (Wildman–Crippen MR) is 62.2 cm³/mol. The summed E-state index contributed by atoms with van der Waals surface area (Å²) in [5, 5.41) is 3.61. The van der Waals surface area contributed by atoms with E-state index in [2.05, 4.69) is 26.1 Å². The minimum Gasteiger partial charge on any atom is -0.328 e. The molecule has 4 unspecified atom stereocenters. The van der Waals surface area contributed by atoms with Crippen LogP contribution in [0.2, 0.25) is 0 Å².